The number of benzene rings is 2. The predicted molar refractivity (Wildman–Crippen MR) is 108 cm³/mol. The summed E-state index contributed by atoms with van der Waals surface area (Å²) in [4.78, 5) is 17.1. The van der Waals surface area contributed by atoms with Crippen molar-refractivity contribution in [2.24, 2.45) is 0 Å². The first-order chi connectivity index (χ1) is 12.8. The number of thiazole rings is 1. The highest BCUT2D eigenvalue weighted by Gasteiger charge is 2.20. The summed E-state index contributed by atoms with van der Waals surface area (Å²) in [5.74, 6) is 0.345. The molecule has 0 saturated heterocycles. The van der Waals surface area contributed by atoms with Gasteiger partial charge in [0.15, 0.2) is 15.0 Å². The van der Waals surface area contributed by atoms with Gasteiger partial charge in [0.05, 0.1) is 27.0 Å². The summed E-state index contributed by atoms with van der Waals surface area (Å²) in [6.07, 6.45) is 0. The molecule has 27 heavy (non-hydrogen) atoms. The van der Waals surface area contributed by atoms with Crippen LogP contribution in [0.4, 0.5) is 5.13 Å². The average Bonchev–Trinajstić information content (AvgIpc) is 3.03. The maximum atomic E-state index is 12.5. The van der Waals surface area contributed by atoms with Crippen LogP contribution in [0.25, 0.3) is 10.2 Å². The fourth-order valence-corrected chi connectivity index (χ4v) is 4.46. The molecule has 142 valence electrons. The summed E-state index contributed by atoms with van der Waals surface area (Å²) in [6.45, 7) is 5.71. The Morgan fingerprint density at radius 1 is 1.22 bits per heavy atom. The second-order valence-electron chi connectivity index (χ2n) is 6.16. The van der Waals surface area contributed by atoms with Gasteiger partial charge in [-0.3, -0.25) is 10.1 Å². The quantitative estimate of drug-likeness (QED) is 0.668. The third-order valence-corrected chi connectivity index (χ3v) is 7.02. The van der Waals surface area contributed by atoms with Crippen LogP contribution in [0.15, 0.2) is 47.4 Å². The van der Waals surface area contributed by atoms with Crippen molar-refractivity contribution in [2.75, 3.05) is 11.9 Å². The lowest BCUT2D eigenvalue weighted by molar-refractivity contribution is 0.102. The minimum atomic E-state index is -3.44. The lowest BCUT2D eigenvalue weighted by Gasteiger charge is -2.09. The number of aromatic nitrogens is 1. The van der Waals surface area contributed by atoms with Crippen LogP contribution in [-0.2, 0) is 9.84 Å². The molecule has 1 aromatic heterocycles. The number of carbonyl (C=O) groups is 1. The zero-order chi connectivity index (χ0) is 19.6. The molecule has 0 aliphatic carbocycles. The third-order valence-electron chi connectivity index (χ3n) is 3.94. The molecule has 1 heterocycles. The number of fused-ring (bicyclic) bond motifs is 1. The van der Waals surface area contributed by atoms with E-state index in [2.05, 4.69) is 10.3 Å². The number of nitrogens with one attached hydrogen (secondary N) is 1. The van der Waals surface area contributed by atoms with Gasteiger partial charge in [-0.2, -0.15) is 0 Å². The number of amides is 1. The Morgan fingerprint density at radius 2 is 2.00 bits per heavy atom. The summed E-state index contributed by atoms with van der Waals surface area (Å²) >= 11 is 1.33. The molecule has 1 amide bonds. The minimum Gasteiger partial charge on any atom is -0.494 e. The van der Waals surface area contributed by atoms with Crippen LogP contribution in [0.1, 0.15) is 31.1 Å². The van der Waals surface area contributed by atoms with Crippen molar-refractivity contribution < 1.29 is 17.9 Å². The zero-order valence-electron chi connectivity index (χ0n) is 15.2. The van der Waals surface area contributed by atoms with E-state index in [9.17, 15) is 13.2 Å². The van der Waals surface area contributed by atoms with Crippen molar-refractivity contribution in [1.29, 1.82) is 0 Å². The zero-order valence-corrected chi connectivity index (χ0v) is 16.9. The molecule has 3 rings (SSSR count). The largest absolute Gasteiger partial charge is 0.494 e. The average molecular weight is 405 g/mol. The topological polar surface area (TPSA) is 85.4 Å². The third kappa shape index (κ3) is 4.12. The molecule has 0 atom stereocenters. The summed E-state index contributed by atoms with van der Waals surface area (Å²) in [5.41, 5.74) is 1.03. The van der Waals surface area contributed by atoms with E-state index in [1.807, 2.05) is 25.1 Å². The van der Waals surface area contributed by atoms with Crippen molar-refractivity contribution >= 4 is 42.4 Å². The van der Waals surface area contributed by atoms with Gasteiger partial charge in [-0.15, -0.1) is 0 Å². The Balaban J connectivity index is 1.84. The maximum absolute atomic E-state index is 12.5. The van der Waals surface area contributed by atoms with Crippen molar-refractivity contribution in [1.82, 2.24) is 4.98 Å². The summed E-state index contributed by atoms with van der Waals surface area (Å²) in [5, 5.41) is 2.63. The molecule has 0 saturated carbocycles. The summed E-state index contributed by atoms with van der Waals surface area (Å²) in [7, 11) is -3.44. The standard InChI is InChI=1S/C19H20N2O4S2/c1-4-25-14-8-9-16-17(11-14)26-19(20-16)21-18(22)13-6-5-7-15(10-13)27(23,24)12(2)3/h5-12H,4H2,1-3H3,(H,20,21,22). The molecule has 0 aliphatic rings. The van der Waals surface area contributed by atoms with Crippen LogP contribution in [0, 0.1) is 0 Å². The predicted octanol–water partition coefficient (Wildman–Crippen LogP) is 4.13. The smallest absolute Gasteiger partial charge is 0.257 e. The van der Waals surface area contributed by atoms with E-state index in [1.54, 1.807) is 26.0 Å². The van der Waals surface area contributed by atoms with E-state index in [1.165, 1.54) is 23.5 Å². The summed E-state index contributed by atoms with van der Waals surface area (Å²) < 4.78 is 31.0. The van der Waals surface area contributed by atoms with Crippen molar-refractivity contribution in [3.8, 4) is 5.75 Å². The van der Waals surface area contributed by atoms with Gasteiger partial charge in [0.1, 0.15) is 5.75 Å². The first-order valence-electron chi connectivity index (χ1n) is 8.50. The number of hydrogen-bond acceptors (Lipinski definition) is 6. The van der Waals surface area contributed by atoms with Crippen LogP contribution in [0.2, 0.25) is 0 Å². The van der Waals surface area contributed by atoms with E-state index in [0.29, 0.717) is 11.7 Å². The van der Waals surface area contributed by atoms with Crippen LogP contribution >= 0.6 is 11.3 Å². The van der Waals surface area contributed by atoms with E-state index in [-0.39, 0.29) is 10.5 Å². The Kier molecular flexibility index (Phi) is 5.48. The van der Waals surface area contributed by atoms with Gasteiger partial charge in [0.2, 0.25) is 0 Å². The van der Waals surface area contributed by atoms with Gasteiger partial charge >= 0.3 is 0 Å². The molecule has 0 unspecified atom stereocenters. The molecule has 0 radical (unpaired) electrons. The lowest BCUT2D eigenvalue weighted by Crippen LogP contribution is -2.16. The molecular weight excluding hydrogens is 384 g/mol. The van der Waals surface area contributed by atoms with Crippen molar-refractivity contribution in [3.05, 3.63) is 48.0 Å². The molecule has 2 aromatic carbocycles. The Bertz CT molecular complexity index is 1090. The van der Waals surface area contributed by atoms with Crippen LogP contribution in [-0.4, -0.2) is 31.2 Å². The van der Waals surface area contributed by atoms with E-state index < -0.39 is 21.0 Å². The lowest BCUT2D eigenvalue weighted by atomic mass is 10.2. The van der Waals surface area contributed by atoms with Crippen molar-refractivity contribution in [2.45, 2.75) is 30.9 Å². The molecule has 3 aromatic rings. The van der Waals surface area contributed by atoms with Crippen LogP contribution in [0.5, 0.6) is 5.75 Å². The highest BCUT2D eigenvalue weighted by atomic mass is 32.2. The van der Waals surface area contributed by atoms with Gasteiger partial charge in [-0.25, -0.2) is 13.4 Å². The van der Waals surface area contributed by atoms with Gasteiger partial charge < -0.3 is 4.74 Å². The van der Waals surface area contributed by atoms with Crippen LogP contribution < -0.4 is 10.1 Å². The fourth-order valence-electron chi connectivity index (χ4n) is 2.47. The van der Waals surface area contributed by atoms with E-state index >= 15 is 0 Å². The highest BCUT2D eigenvalue weighted by molar-refractivity contribution is 7.92. The molecule has 8 heteroatoms. The fraction of sp³-hybridized carbons (Fsp3) is 0.263. The Morgan fingerprint density at radius 3 is 2.70 bits per heavy atom. The molecular formula is C19H20N2O4S2. The number of anilines is 1. The first kappa shape index (κ1) is 19.3. The number of rotatable bonds is 6. The monoisotopic (exact) mass is 404 g/mol. The Hall–Kier alpha value is -2.45. The first-order valence-corrected chi connectivity index (χ1v) is 10.9. The molecule has 0 spiro atoms. The Labute approximate surface area is 162 Å². The second-order valence-corrected chi connectivity index (χ2v) is 9.69. The highest BCUT2D eigenvalue weighted by Crippen LogP contribution is 2.29. The number of nitrogens with zero attached hydrogens (tertiary/aromatic N) is 1. The molecule has 6 nitrogen and oxygen atoms in total. The normalized spacial score (nSPS) is 11.7. The number of hydrogen-bond donors (Lipinski definition) is 1. The van der Waals surface area contributed by atoms with Crippen molar-refractivity contribution in [3.63, 3.8) is 0 Å². The molecule has 1 N–H and O–H groups in total. The van der Waals surface area contributed by atoms with Gasteiger partial charge in [-0.05, 0) is 57.2 Å². The van der Waals surface area contributed by atoms with E-state index in [4.69, 9.17) is 4.74 Å². The van der Waals surface area contributed by atoms with Gasteiger partial charge in [0, 0.05) is 5.56 Å². The number of ether oxygens (including phenoxy) is 1. The number of carbonyl (C=O) groups excluding carboxylic acids is 1. The number of sulfone groups is 1. The SMILES string of the molecule is CCOc1ccc2nc(NC(=O)c3cccc(S(=O)(=O)C(C)C)c3)sc2c1. The second kappa shape index (κ2) is 7.66. The molecule has 0 aliphatic heterocycles. The van der Waals surface area contributed by atoms with Gasteiger partial charge in [0.25, 0.3) is 5.91 Å². The maximum Gasteiger partial charge on any atom is 0.257 e. The summed E-state index contributed by atoms with van der Waals surface area (Å²) in [6, 6.07) is 11.6. The van der Waals surface area contributed by atoms with E-state index in [0.717, 1.165) is 16.0 Å². The molecule has 0 bridgehead atoms. The van der Waals surface area contributed by atoms with Crippen LogP contribution in [0.3, 0.4) is 0 Å². The van der Waals surface area contributed by atoms with Gasteiger partial charge in [-0.1, -0.05) is 17.4 Å². The molecule has 0 fully saturated rings. The minimum absolute atomic E-state index is 0.135.